The summed E-state index contributed by atoms with van der Waals surface area (Å²) in [6.45, 7) is 5.40. The maximum Gasteiger partial charge on any atom is 0.119 e. The Labute approximate surface area is 79.2 Å². The van der Waals surface area contributed by atoms with Gasteiger partial charge in [0.05, 0.1) is 6.61 Å². The largest absolute Gasteiger partial charge is 0.508 e. The van der Waals surface area contributed by atoms with Gasteiger partial charge < -0.3 is 9.84 Å². The summed E-state index contributed by atoms with van der Waals surface area (Å²) < 4.78 is 5.29. The van der Waals surface area contributed by atoms with Crippen molar-refractivity contribution in [1.29, 1.82) is 0 Å². The lowest BCUT2D eigenvalue weighted by Gasteiger charge is -2.12. The van der Waals surface area contributed by atoms with E-state index in [4.69, 9.17) is 4.74 Å². The fourth-order valence-electron chi connectivity index (χ4n) is 1.29. The zero-order chi connectivity index (χ0) is 9.68. The third kappa shape index (κ3) is 2.74. The zero-order valence-corrected chi connectivity index (χ0v) is 8.16. The van der Waals surface area contributed by atoms with Crippen LogP contribution in [0, 0.1) is 0 Å². The van der Waals surface area contributed by atoms with E-state index in [9.17, 15) is 5.11 Å². The van der Waals surface area contributed by atoms with Crippen molar-refractivity contribution in [2.75, 3.05) is 13.2 Å². The first kappa shape index (κ1) is 10.1. The van der Waals surface area contributed by atoms with Gasteiger partial charge in [0.1, 0.15) is 5.75 Å². The molecule has 0 spiro atoms. The third-order valence-electron chi connectivity index (χ3n) is 2.04. The summed E-state index contributed by atoms with van der Waals surface area (Å²) in [7, 11) is 0. The van der Waals surface area contributed by atoms with Crippen molar-refractivity contribution in [3.8, 4) is 5.75 Å². The van der Waals surface area contributed by atoms with Gasteiger partial charge in [0.15, 0.2) is 0 Å². The fraction of sp³-hybridized carbons (Fsp3) is 0.455. The molecule has 13 heavy (non-hydrogen) atoms. The van der Waals surface area contributed by atoms with Crippen LogP contribution in [0.1, 0.15) is 25.3 Å². The van der Waals surface area contributed by atoms with Gasteiger partial charge in [-0.2, -0.15) is 0 Å². The second kappa shape index (κ2) is 4.87. The number of hydrogen-bond donors (Lipinski definition) is 1. The van der Waals surface area contributed by atoms with Crippen LogP contribution in [0.3, 0.4) is 0 Å². The summed E-state index contributed by atoms with van der Waals surface area (Å²) in [4.78, 5) is 0. The number of benzene rings is 1. The van der Waals surface area contributed by atoms with Crippen LogP contribution in [0.15, 0.2) is 24.3 Å². The van der Waals surface area contributed by atoms with E-state index < -0.39 is 0 Å². The number of phenolic OH excluding ortho intramolecular Hbond substituents is 1. The average molecular weight is 180 g/mol. The summed E-state index contributed by atoms with van der Waals surface area (Å²) in [5.41, 5.74) is 0.955. The molecule has 0 aromatic heterocycles. The normalized spacial score (nSPS) is 12.8. The topological polar surface area (TPSA) is 29.5 Å². The van der Waals surface area contributed by atoms with Gasteiger partial charge in [0.25, 0.3) is 0 Å². The SMILES string of the molecule is CCOCC(C)c1ccccc1O. The Morgan fingerprint density at radius 2 is 2.08 bits per heavy atom. The average Bonchev–Trinajstić information content (AvgIpc) is 2.15. The molecule has 0 aliphatic carbocycles. The van der Waals surface area contributed by atoms with E-state index in [0.29, 0.717) is 12.4 Å². The van der Waals surface area contributed by atoms with E-state index in [1.54, 1.807) is 6.07 Å². The number of hydrogen-bond acceptors (Lipinski definition) is 2. The van der Waals surface area contributed by atoms with Crippen molar-refractivity contribution in [1.82, 2.24) is 0 Å². The fourth-order valence-corrected chi connectivity index (χ4v) is 1.29. The summed E-state index contributed by atoms with van der Waals surface area (Å²) in [5.74, 6) is 0.607. The van der Waals surface area contributed by atoms with Gasteiger partial charge in [-0.1, -0.05) is 25.1 Å². The molecule has 0 radical (unpaired) electrons. The Morgan fingerprint density at radius 1 is 1.38 bits per heavy atom. The van der Waals surface area contributed by atoms with E-state index in [1.807, 2.05) is 32.0 Å². The van der Waals surface area contributed by atoms with E-state index in [1.165, 1.54) is 0 Å². The van der Waals surface area contributed by atoms with Crippen LogP contribution in [0.2, 0.25) is 0 Å². The van der Waals surface area contributed by atoms with Crippen LogP contribution in [0.4, 0.5) is 0 Å². The van der Waals surface area contributed by atoms with E-state index in [2.05, 4.69) is 0 Å². The van der Waals surface area contributed by atoms with Crippen LogP contribution in [-0.4, -0.2) is 18.3 Å². The van der Waals surface area contributed by atoms with Crippen LogP contribution < -0.4 is 0 Å². The molecule has 0 heterocycles. The molecule has 1 aromatic rings. The highest BCUT2D eigenvalue weighted by Crippen LogP contribution is 2.24. The number of para-hydroxylation sites is 1. The molecule has 72 valence electrons. The second-order valence-corrected chi connectivity index (χ2v) is 3.12. The van der Waals surface area contributed by atoms with Gasteiger partial charge in [-0.05, 0) is 18.6 Å². The van der Waals surface area contributed by atoms with Crippen molar-refractivity contribution in [3.05, 3.63) is 29.8 Å². The molecule has 1 rings (SSSR count). The molecule has 2 nitrogen and oxygen atoms in total. The van der Waals surface area contributed by atoms with E-state index in [0.717, 1.165) is 12.2 Å². The lowest BCUT2D eigenvalue weighted by molar-refractivity contribution is 0.135. The van der Waals surface area contributed by atoms with Crippen molar-refractivity contribution in [3.63, 3.8) is 0 Å². The number of ether oxygens (including phenoxy) is 1. The van der Waals surface area contributed by atoms with Crippen LogP contribution >= 0.6 is 0 Å². The smallest absolute Gasteiger partial charge is 0.119 e. The van der Waals surface area contributed by atoms with Gasteiger partial charge in [0, 0.05) is 12.5 Å². The lowest BCUT2D eigenvalue weighted by Crippen LogP contribution is -2.04. The zero-order valence-electron chi connectivity index (χ0n) is 8.16. The summed E-state index contributed by atoms with van der Waals surface area (Å²) >= 11 is 0. The maximum absolute atomic E-state index is 9.52. The molecule has 2 heteroatoms. The van der Waals surface area contributed by atoms with E-state index >= 15 is 0 Å². The second-order valence-electron chi connectivity index (χ2n) is 3.12. The Hall–Kier alpha value is -1.02. The molecule has 0 fully saturated rings. The molecule has 0 saturated carbocycles. The molecule has 0 aliphatic heterocycles. The molecule has 0 amide bonds. The molecule has 0 bridgehead atoms. The standard InChI is InChI=1S/C11H16O2/c1-3-13-8-9(2)10-6-4-5-7-11(10)12/h4-7,9,12H,3,8H2,1-2H3. The Kier molecular flexibility index (Phi) is 3.77. The quantitative estimate of drug-likeness (QED) is 0.771. The van der Waals surface area contributed by atoms with Crippen molar-refractivity contribution >= 4 is 0 Å². The first-order valence-corrected chi connectivity index (χ1v) is 4.61. The third-order valence-corrected chi connectivity index (χ3v) is 2.04. The van der Waals surface area contributed by atoms with Gasteiger partial charge >= 0.3 is 0 Å². The predicted molar refractivity (Wildman–Crippen MR) is 53.0 cm³/mol. The summed E-state index contributed by atoms with van der Waals surface area (Å²) in [6, 6.07) is 7.39. The van der Waals surface area contributed by atoms with Crippen LogP contribution in [0.5, 0.6) is 5.75 Å². The first-order valence-electron chi connectivity index (χ1n) is 4.61. The van der Waals surface area contributed by atoms with Crippen molar-refractivity contribution in [2.45, 2.75) is 19.8 Å². The molecule has 0 saturated heterocycles. The highest BCUT2D eigenvalue weighted by molar-refractivity contribution is 5.34. The molecule has 1 N–H and O–H groups in total. The molecule has 0 aliphatic rings. The van der Waals surface area contributed by atoms with Gasteiger partial charge in [-0.25, -0.2) is 0 Å². The van der Waals surface area contributed by atoms with Crippen LogP contribution in [-0.2, 0) is 4.74 Å². The Bertz CT molecular complexity index is 258. The Balaban J connectivity index is 2.65. The molecule has 1 unspecified atom stereocenters. The number of phenols is 1. The highest BCUT2D eigenvalue weighted by Gasteiger charge is 2.08. The summed E-state index contributed by atoms with van der Waals surface area (Å²) in [5, 5.41) is 9.52. The Morgan fingerprint density at radius 3 is 2.69 bits per heavy atom. The summed E-state index contributed by atoms with van der Waals surface area (Å²) in [6.07, 6.45) is 0. The van der Waals surface area contributed by atoms with Gasteiger partial charge in [-0.3, -0.25) is 0 Å². The van der Waals surface area contributed by atoms with Gasteiger partial charge in [-0.15, -0.1) is 0 Å². The molecule has 1 atom stereocenters. The minimum Gasteiger partial charge on any atom is -0.508 e. The van der Waals surface area contributed by atoms with Crippen LogP contribution in [0.25, 0.3) is 0 Å². The monoisotopic (exact) mass is 180 g/mol. The minimum absolute atomic E-state index is 0.251. The molecular formula is C11H16O2. The molecule has 1 aromatic carbocycles. The van der Waals surface area contributed by atoms with Gasteiger partial charge in [0.2, 0.25) is 0 Å². The van der Waals surface area contributed by atoms with Crippen molar-refractivity contribution in [2.24, 2.45) is 0 Å². The van der Waals surface area contributed by atoms with Crippen molar-refractivity contribution < 1.29 is 9.84 Å². The number of aromatic hydroxyl groups is 1. The minimum atomic E-state index is 0.251. The maximum atomic E-state index is 9.52. The molecular weight excluding hydrogens is 164 g/mol. The lowest BCUT2D eigenvalue weighted by atomic mass is 10.0. The first-order chi connectivity index (χ1) is 6.25. The predicted octanol–water partition coefficient (Wildman–Crippen LogP) is 2.53. The number of rotatable bonds is 4. The van der Waals surface area contributed by atoms with E-state index in [-0.39, 0.29) is 5.92 Å². The highest BCUT2D eigenvalue weighted by atomic mass is 16.5.